The van der Waals surface area contributed by atoms with Crippen LogP contribution < -0.4 is 0 Å². The first-order valence-corrected chi connectivity index (χ1v) is 17.6. The minimum atomic E-state index is -0.664. The maximum atomic E-state index is 10.3. The van der Waals surface area contributed by atoms with E-state index in [1.807, 2.05) is 0 Å². The summed E-state index contributed by atoms with van der Waals surface area (Å²) in [6.45, 7) is 4.53. The van der Waals surface area contributed by atoms with Crippen molar-refractivity contribution < 1.29 is 19.8 Å². The van der Waals surface area contributed by atoms with E-state index >= 15 is 0 Å². The van der Waals surface area contributed by atoms with Gasteiger partial charge in [0, 0.05) is 12.8 Å². The number of hydrogen-bond acceptors (Lipinski definition) is 2. The van der Waals surface area contributed by atoms with E-state index in [9.17, 15) is 9.59 Å². The summed E-state index contributed by atoms with van der Waals surface area (Å²) in [6.07, 6.45) is 41.4. The van der Waals surface area contributed by atoms with Gasteiger partial charge in [-0.1, -0.05) is 167 Å². The number of allylic oxidation sites excluding steroid dienone is 2. The van der Waals surface area contributed by atoms with Gasteiger partial charge in [-0.3, -0.25) is 9.59 Å². The van der Waals surface area contributed by atoms with Crippen molar-refractivity contribution in [2.75, 3.05) is 0 Å². The Morgan fingerprint density at radius 3 is 0.854 bits per heavy atom. The number of aliphatic carboxylic acids is 2. The van der Waals surface area contributed by atoms with Crippen LogP contribution in [0.5, 0.6) is 0 Å². The van der Waals surface area contributed by atoms with E-state index in [-0.39, 0.29) is 51.4 Å². The minimum absolute atomic E-state index is 0. The quantitative estimate of drug-likeness (QED) is 0.0467. The summed E-state index contributed by atoms with van der Waals surface area (Å²) < 4.78 is 0. The Labute approximate surface area is 299 Å². The molecule has 0 saturated heterocycles. The molecule has 0 heterocycles. The van der Waals surface area contributed by atoms with Crippen LogP contribution in [-0.4, -0.2) is 73.5 Å². The number of rotatable bonds is 31. The molecule has 0 aliphatic carbocycles. The van der Waals surface area contributed by atoms with Crippen LogP contribution in [0.2, 0.25) is 0 Å². The molecule has 0 saturated carbocycles. The van der Waals surface area contributed by atoms with Crippen molar-refractivity contribution in [3.63, 3.8) is 0 Å². The summed E-state index contributed by atoms with van der Waals surface area (Å²) >= 11 is 0. The molecule has 0 rings (SSSR count). The van der Waals surface area contributed by atoms with Gasteiger partial charge in [0.25, 0.3) is 0 Å². The molecule has 4 nitrogen and oxygen atoms in total. The fraction of sp³-hybridized carbons (Fsp3) is 0.889. The Balaban J connectivity index is -0.000000688. The maximum absolute atomic E-state index is 10.3. The molecule has 0 spiro atoms. The van der Waals surface area contributed by atoms with E-state index in [0.717, 1.165) is 25.7 Å². The van der Waals surface area contributed by atoms with E-state index in [0.29, 0.717) is 12.8 Å². The third kappa shape index (κ3) is 50.3. The zero-order valence-corrected chi connectivity index (χ0v) is 27.1. The average Bonchev–Trinajstić information content (AvgIpc) is 2.93. The molecule has 0 aliphatic heterocycles. The molecule has 0 fully saturated rings. The van der Waals surface area contributed by atoms with E-state index < -0.39 is 11.9 Å². The van der Waals surface area contributed by atoms with E-state index in [4.69, 9.17) is 10.2 Å². The summed E-state index contributed by atoms with van der Waals surface area (Å²) in [4.78, 5) is 20.7. The summed E-state index contributed by atoms with van der Waals surface area (Å²) in [5.74, 6) is -1.32. The van der Waals surface area contributed by atoms with Crippen molar-refractivity contribution in [2.45, 2.75) is 206 Å². The van der Waals surface area contributed by atoms with Gasteiger partial charge < -0.3 is 10.2 Å². The number of carboxylic acids is 2. The summed E-state index contributed by atoms with van der Waals surface area (Å²) in [5, 5.41) is 17.0. The Morgan fingerprint density at radius 2 is 0.610 bits per heavy atom. The predicted molar refractivity (Wildman–Crippen MR) is 181 cm³/mol. The third-order valence-electron chi connectivity index (χ3n) is 7.65. The molecule has 0 aromatic rings. The molecule has 0 radical (unpaired) electrons. The fourth-order valence-electron chi connectivity index (χ4n) is 4.99. The van der Waals surface area contributed by atoms with Crippen LogP contribution >= 0.6 is 0 Å². The number of carboxylic acid groups (broad SMARTS) is 2. The molecule has 0 bridgehead atoms. The van der Waals surface area contributed by atoms with Crippen LogP contribution in [0.25, 0.3) is 0 Å². The topological polar surface area (TPSA) is 74.6 Å². The molecule has 0 unspecified atom stereocenters. The summed E-state index contributed by atoms with van der Waals surface area (Å²) in [5.41, 5.74) is 0. The van der Waals surface area contributed by atoms with Gasteiger partial charge in [-0.25, -0.2) is 0 Å². The van der Waals surface area contributed by atoms with Crippen molar-refractivity contribution in [3.05, 3.63) is 12.2 Å². The SMILES string of the molecule is CCCCCCCC/C=C\CCCCCCCC(=O)O.CCCCCCCCCCCCCCCCCC(=O)O.[KH]. The van der Waals surface area contributed by atoms with Crippen LogP contribution in [0.15, 0.2) is 12.2 Å². The standard InChI is InChI=1S/C18H36O2.C18H34O2.K.H/c2*1-2-3-4-5-6-7-8-9-10-11-12-13-14-15-16-17-18(19)20;;/h2-17H2,1H3,(H,19,20);9-10H,2-8,11-17H2,1H3,(H,19,20);;/b;10-9-;;. The molecule has 0 aromatic heterocycles. The second-order valence-corrected chi connectivity index (χ2v) is 11.8. The first-order chi connectivity index (χ1) is 19.5. The average molecular weight is 607 g/mol. The van der Waals surface area contributed by atoms with Gasteiger partial charge in [0.2, 0.25) is 0 Å². The molecule has 0 atom stereocenters. The molecule has 0 aliphatic rings. The van der Waals surface area contributed by atoms with Crippen LogP contribution in [0.4, 0.5) is 0 Å². The first-order valence-electron chi connectivity index (χ1n) is 17.6. The van der Waals surface area contributed by atoms with Crippen molar-refractivity contribution in [2.24, 2.45) is 0 Å². The monoisotopic (exact) mass is 606 g/mol. The van der Waals surface area contributed by atoms with E-state index in [2.05, 4.69) is 26.0 Å². The number of carbonyl (C=O) groups is 2. The molecule has 2 N–H and O–H groups in total. The molecular weight excluding hydrogens is 535 g/mol. The molecule has 0 amide bonds. The van der Waals surface area contributed by atoms with Crippen molar-refractivity contribution in [1.82, 2.24) is 0 Å². The van der Waals surface area contributed by atoms with Crippen molar-refractivity contribution >= 4 is 63.3 Å². The van der Waals surface area contributed by atoms with Gasteiger partial charge in [-0.15, -0.1) is 0 Å². The van der Waals surface area contributed by atoms with Crippen LogP contribution in [0.1, 0.15) is 206 Å². The Bertz CT molecular complexity index is 536. The van der Waals surface area contributed by atoms with Crippen LogP contribution in [0, 0.1) is 0 Å². The van der Waals surface area contributed by atoms with Gasteiger partial charge in [0.1, 0.15) is 0 Å². The van der Waals surface area contributed by atoms with Gasteiger partial charge in [0.15, 0.2) is 0 Å². The zero-order valence-electron chi connectivity index (χ0n) is 27.1. The Hall–Kier alpha value is 0.316. The zero-order chi connectivity index (χ0) is 29.8. The van der Waals surface area contributed by atoms with Gasteiger partial charge in [0.05, 0.1) is 0 Å². The van der Waals surface area contributed by atoms with Gasteiger partial charge >= 0.3 is 63.3 Å². The predicted octanol–water partition coefficient (Wildman–Crippen LogP) is 11.8. The van der Waals surface area contributed by atoms with Crippen LogP contribution in [0.3, 0.4) is 0 Å². The molecule has 0 aromatic carbocycles. The summed E-state index contributed by atoms with van der Waals surface area (Å²) in [6, 6.07) is 0. The molecular formula is C36H71KO4. The van der Waals surface area contributed by atoms with Crippen molar-refractivity contribution in [3.8, 4) is 0 Å². The molecule has 5 heteroatoms. The Kier molecular flexibility index (Phi) is 47.4. The van der Waals surface area contributed by atoms with Gasteiger partial charge in [-0.2, -0.15) is 0 Å². The number of unbranched alkanes of at least 4 members (excludes halogenated alkanes) is 25. The Morgan fingerprint density at radius 1 is 0.390 bits per heavy atom. The third-order valence-corrected chi connectivity index (χ3v) is 7.65. The second-order valence-electron chi connectivity index (χ2n) is 11.8. The van der Waals surface area contributed by atoms with Crippen LogP contribution in [-0.2, 0) is 9.59 Å². The van der Waals surface area contributed by atoms with E-state index in [1.54, 1.807) is 0 Å². The summed E-state index contributed by atoms with van der Waals surface area (Å²) in [7, 11) is 0. The second kappa shape index (κ2) is 42.4. The number of hydrogen-bond donors (Lipinski definition) is 2. The first kappa shape index (κ1) is 45.7. The fourth-order valence-corrected chi connectivity index (χ4v) is 4.99. The van der Waals surface area contributed by atoms with Gasteiger partial charge in [-0.05, 0) is 38.5 Å². The van der Waals surface area contributed by atoms with Crippen molar-refractivity contribution in [1.29, 1.82) is 0 Å². The molecule has 41 heavy (non-hydrogen) atoms. The molecule has 240 valence electrons. The van der Waals surface area contributed by atoms with E-state index in [1.165, 1.54) is 154 Å². The normalized spacial score (nSPS) is 10.8.